The molecule has 83 heavy (non-hydrogen) atoms. The largest absolute Gasteiger partial charge is 0.462 e. The number of unbranched alkanes of at least 4 members (excludes halogenated alkanes) is 29. The second kappa shape index (κ2) is 70.0. The lowest BCUT2D eigenvalue weighted by atomic mass is 10.0. The van der Waals surface area contributed by atoms with Gasteiger partial charge in [0.05, 0.1) is 0 Å². The van der Waals surface area contributed by atoms with E-state index < -0.39 is 6.10 Å². The summed E-state index contributed by atoms with van der Waals surface area (Å²) >= 11 is 0. The first-order valence-corrected chi connectivity index (χ1v) is 34.7. The molecule has 0 amide bonds. The van der Waals surface area contributed by atoms with Crippen LogP contribution in [0.3, 0.4) is 0 Å². The highest BCUT2D eigenvalue weighted by Gasteiger charge is 2.19. The van der Waals surface area contributed by atoms with Crippen LogP contribution in [0.5, 0.6) is 0 Å². The second-order valence-electron chi connectivity index (χ2n) is 22.7. The summed E-state index contributed by atoms with van der Waals surface area (Å²) in [7, 11) is 0. The fourth-order valence-corrected chi connectivity index (χ4v) is 9.47. The van der Waals surface area contributed by atoms with E-state index in [1.807, 2.05) is 0 Å². The van der Waals surface area contributed by atoms with E-state index in [4.69, 9.17) is 14.2 Å². The Morgan fingerprint density at radius 1 is 0.253 bits per heavy atom. The van der Waals surface area contributed by atoms with Crippen LogP contribution in [0, 0.1) is 0 Å². The third-order valence-electron chi connectivity index (χ3n) is 14.6. The van der Waals surface area contributed by atoms with E-state index in [-0.39, 0.29) is 31.1 Å². The van der Waals surface area contributed by atoms with E-state index in [0.717, 1.165) is 135 Å². The van der Waals surface area contributed by atoms with Gasteiger partial charge in [0.1, 0.15) is 13.2 Å². The van der Waals surface area contributed by atoms with Crippen LogP contribution in [0.1, 0.15) is 316 Å². The van der Waals surface area contributed by atoms with Gasteiger partial charge in [-0.3, -0.25) is 14.4 Å². The number of rotatable bonds is 62. The van der Waals surface area contributed by atoms with Crippen molar-refractivity contribution in [3.8, 4) is 0 Å². The van der Waals surface area contributed by atoms with Crippen molar-refractivity contribution in [1.82, 2.24) is 0 Å². The fraction of sp³-hybridized carbons (Fsp3) is 0.675. The Balaban J connectivity index is 4.34. The summed E-state index contributed by atoms with van der Waals surface area (Å²) in [5, 5.41) is 0. The Bertz CT molecular complexity index is 1750. The molecule has 0 aliphatic carbocycles. The van der Waals surface area contributed by atoms with Crippen molar-refractivity contribution in [2.45, 2.75) is 322 Å². The monoisotopic (exact) mass is 1150 g/mol. The van der Waals surface area contributed by atoms with Crippen LogP contribution in [0.15, 0.2) is 134 Å². The number of hydrogen-bond acceptors (Lipinski definition) is 6. The first-order chi connectivity index (χ1) is 41.0. The summed E-state index contributed by atoms with van der Waals surface area (Å²) in [6.45, 7) is 6.50. The predicted octanol–water partition coefficient (Wildman–Crippen LogP) is 24.1. The van der Waals surface area contributed by atoms with Gasteiger partial charge in [0.25, 0.3) is 0 Å². The number of carbonyl (C=O) groups is 3. The third-order valence-corrected chi connectivity index (χ3v) is 14.6. The quantitative estimate of drug-likeness (QED) is 0.0261. The minimum Gasteiger partial charge on any atom is -0.462 e. The lowest BCUT2D eigenvalue weighted by molar-refractivity contribution is -0.167. The molecule has 0 radical (unpaired) electrons. The zero-order valence-corrected chi connectivity index (χ0v) is 54.2. The van der Waals surface area contributed by atoms with Crippen LogP contribution < -0.4 is 0 Å². The summed E-state index contributed by atoms with van der Waals surface area (Å²) in [6.07, 6.45) is 99.0. The van der Waals surface area contributed by atoms with Gasteiger partial charge in [-0.25, -0.2) is 0 Å². The molecular formula is C77H128O6. The third kappa shape index (κ3) is 68.2. The van der Waals surface area contributed by atoms with Gasteiger partial charge in [-0.2, -0.15) is 0 Å². The topological polar surface area (TPSA) is 78.9 Å². The lowest BCUT2D eigenvalue weighted by Gasteiger charge is -2.18. The van der Waals surface area contributed by atoms with Crippen LogP contribution in [-0.4, -0.2) is 37.2 Å². The zero-order valence-electron chi connectivity index (χ0n) is 54.2. The molecule has 0 rings (SSSR count). The highest BCUT2D eigenvalue weighted by molar-refractivity contribution is 5.71. The number of esters is 3. The molecule has 0 N–H and O–H groups in total. The molecule has 0 aromatic rings. The summed E-state index contributed by atoms with van der Waals surface area (Å²) < 4.78 is 16.9. The molecule has 472 valence electrons. The molecule has 0 heterocycles. The van der Waals surface area contributed by atoms with Crippen molar-refractivity contribution < 1.29 is 28.6 Å². The fourth-order valence-electron chi connectivity index (χ4n) is 9.47. The lowest BCUT2D eigenvalue weighted by Crippen LogP contribution is -2.30. The van der Waals surface area contributed by atoms with Crippen LogP contribution in [0.25, 0.3) is 0 Å². The first-order valence-electron chi connectivity index (χ1n) is 34.7. The van der Waals surface area contributed by atoms with Gasteiger partial charge in [-0.05, 0) is 122 Å². The average Bonchev–Trinajstić information content (AvgIpc) is 3.48. The molecule has 0 spiro atoms. The molecule has 6 heteroatoms. The van der Waals surface area contributed by atoms with Crippen molar-refractivity contribution in [3.63, 3.8) is 0 Å². The van der Waals surface area contributed by atoms with Crippen molar-refractivity contribution in [2.75, 3.05) is 13.2 Å². The van der Waals surface area contributed by atoms with E-state index in [1.54, 1.807) is 0 Å². The number of allylic oxidation sites excluding steroid dienone is 22. The molecule has 0 aliphatic rings. The van der Waals surface area contributed by atoms with Crippen molar-refractivity contribution in [2.24, 2.45) is 0 Å². The van der Waals surface area contributed by atoms with Gasteiger partial charge >= 0.3 is 17.9 Å². The highest BCUT2D eigenvalue weighted by atomic mass is 16.6. The molecule has 0 aromatic heterocycles. The van der Waals surface area contributed by atoms with Crippen molar-refractivity contribution in [3.05, 3.63) is 134 Å². The Kier molecular flexibility index (Phi) is 66.3. The summed E-state index contributed by atoms with van der Waals surface area (Å²) in [5.74, 6) is -0.913. The number of hydrogen-bond donors (Lipinski definition) is 0. The standard InChI is InChI=1S/C77H128O6/c1-4-7-10-13-16-19-22-24-26-28-30-32-34-36-37-38-39-41-42-44-46-48-50-52-55-58-61-64-67-70-76(79)82-73-74(72-81-75(78)69-66-63-60-57-54-21-18-15-12-9-6-3)83-77(80)71-68-65-62-59-56-53-51-49-47-45-43-40-35-33-31-29-27-25-23-20-17-14-11-8-5-2/h7,10,16,19,23-26,29-32,35-37,39-41,44,46,50,52,74H,4-6,8-9,11-15,17-18,20-22,27-28,33-34,38,42-43,45,47-49,51,53-73H2,1-3H3/b10-7-,19-16-,25-23-,26-24-,31-29-,32-30-,37-36-,40-35-,41-39-,46-44-,52-50-. The van der Waals surface area contributed by atoms with Crippen molar-refractivity contribution in [1.29, 1.82) is 0 Å². The maximum atomic E-state index is 12.9. The highest BCUT2D eigenvalue weighted by Crippen LogP contribution is 2.16. The Hall–Kier alpha value is -4.45. The van der Waals surface area contributed by atoms with Gasteiger partial charge in [-0.1, -0.05) is 309 Å². The summed E-state index contributed by atoms with van der Waals surface area (Å²) in [5.41, 5.74) is 0. The van der Waals surface area contributed by atoms with Crippen LogP contribution in [0.2, 0.25) is 0 Å². The van der Waals surface area contributed by atoms with Gasteiger partial charge in [0.15, 0.2) is 6.10 Å². The molecule has 1 atom stereocenters. The predicted molar refractivity (Wildman–Crippen MR) is 362 cm³/mol. The summed E-state index contributed by atoms with van der Waals surface area (Å²) in [6, 6.07) is 0. The molecular weight excluding hydrogens is 1020 g/mol. The molecule has 0 aromatic carbocycles. The maximum absolute atomic E-state index is 12.9. The van der Waals surface area contributed by atoms with Crippen molar-refractivity contribution >= 4 is 17.9 Å². The maximum Gasteiger partial charge on any atom is 0.306 e. The first kappa shape index (κ1) is 78.5. The molecule has 0 fully saturated rings. The Labute approximate surface area is 513 Å². The van der Waals surface area contributed by atoms with E-state index in [2.05, 4.69) is 154 Å². The minimum atomic E-state index is -0.795. The van der Waals surface area contributed by atoms with Crippen LogP contribution >= 0.6 is 0 Å². The van der Waals surface area contributed by atoms with E-state index in [9.17, 15) is 14.4 Å². The SMILES string of the molecule is CC/C=C\C/C=C\C/C=C\C/C=C\C/C=C\C/C=C\C/C=C\C/C=C\CCCCCCC(=O)OCC(COC(=O)CCCCCCCCCCCCC)OC(=O)CCCCCCCCCCCC/C=C\C/C=C\C/C=C\CCCCCCC. The van der Waals surface area contributed by atoms with E-state index >= 15 is 0 Å². The normalized spacial score (nSPS) is 13.0. The Morgan fingerprint density at radius 2 is 0.470 bits per heavy atom. The van der Waals surface area contributed by atoms with Crippen LogP contribution in [0.4, 0.5) is 0 Å². The minimum absolute atomic E-state index is 0.0887. The molecule has 1 unspecified atom stereocenters. The second-order valence-corrected chi connectivity index (χ2v) is 22.7. The van der Waals surface area contributed by atoms with E-state index in [1.165, 1.54) is 141 Å². The average molecular weight is 1150 g/mol. The van der Waals surface area contributed by atoms with Crippen LogP contribution in [-0.2, 0) is 28.6 Å². The smallest absolute Gasteiger partial charge is 0.306 e. The summed E-state index contributed by atoms with van der Waals surface area (Å²) in [4.78, 5) is 38.4. The van der Waals surface area contributed by atoms with Gasteiger partial charge in [0.2, 0.25) is 0 Å². The number of carbonyl (C=O) groups excluding carboxylic acids is 3. The van der Waals surface area contributed by atoms with Gasteiger partial charge in [0, 0.05) is 19.3 Å². The molecule has 6 nitrogen and oxygen atoms in total. The number of ether oxygens (including phenoxy) is 3. The Morgan fingerprint density at radius 3 is 0.735 bits per heavy atom. The molecule has 0 aliphatic heterocycles. The van der Waals surface area contributed by atoms with E-state index in [0.29, 0.717) is 19.3 Å². The molecule has 0 saturated heterocycles. The van der Waals surface area contributed by atoms with Gasteiger partial charge < -0.3 is 14.2 Å². The molecule has 0 saturated carbocycles. The van der Waals surface area contributed by atoms with Gasteiger partial charge in [-0.15, -0.1) is 0 Å². The molecule has 0 bridgehead atoms. The zero-order chi connectivity index (χ0) is 59.9.